The predicted molar refractivity (Wildman–Crippen MR) is 65.5 cm³/mol. The fourth-order valence-corrected chi connectivity index (χ4v) is 1.43. The fourth-order valence-electron chi connectivity index (χ4n) is 1.43. The van der Waals surface area contributed by atoms with E-state index in [-0.39, 0.29) is 12.3 Å². The molecule has 0 atom stereocenters. The lowest BCUT2D eigenvalue weighted by Gasteiger charge is -2.35. The van der Waals surface area contributed by atoms with Crippen LogP contribution in [0.3, 0.4) is 0 Å². The van der Waals surface area contributed by atoms with Crippen LogP contribution in [-0.4, -0.2) is 34.2 Å². The van der Waals surface area contributed by atoms with Gasteiger partial charge in [-0.05, 0) is 19.9 Å². The van der Waals surface area contributed by atoms with E-state index in [4.69, 9.17) is 0 Å². The average Bonchev–Trinajstić information content (AvgIpc) is 2.35. The zero-order valence-corrected chi connectivity index (χ0v) is 11.1. The Kier molecular flexibility index (Phi) is 4.23. The van der Waals surface area contributed by atoms with Crippen molar-refractivity contribution >= 4 is 11.4 Å². The summed E-state index contributed by atoms with van der Waals surface area (Å²) in [5.74, 6) is 0. The van der Waals surface area contributed by atoms with Crippen molar-refractivity contribution in [2.45, 2.75) is 25.6 Å². The molecule has 112 valence electrons. The highest BCUT2D eigenvalue weighted by molar-refractivity contribution is 5.64. The average molecular weight is 293 g/mol. The number of alkyl halides is 3. The number of pyridine rings is 1. The number of halogens is 3. The quantitative estimate of drug-likeness (QED) is 0.680. The maximum absolute atomic E-state index is 12.6. The van der Waals surface area contributed by atoms with Crippen molar-refractivity contribution in [1.29, 1.82) is 0 Å². The van der Waals surface area contributed by atoms with E-state index in [0.717, 1.165) is 0 Å². The maximum Gasteiger partial charge on any atom is 0.433 e. The number of hydrogen-bond donors (Lipinski definition) is 1. The second-order valence-corrected chi connectivity index (χ2v) is 4.84. The van der Waals surface area contributed by atoms with Gasteiger partial charge in [0, 0.05) is 7.05 Å². The zero-order valence-electron chi connectivity index (χ0n) is 11.1. The normalized spacial score (nSPS) is 12.3. The van der Waals surface area contributed by atoms with Crippen molar-refractivity contribution in [1.82, 2.24) is 4.98 Å². The van der Waals surface area contributed by atoms with E-state index in [1.165, 1.54) is 11.9 Å². The third-order valence-corrected chi connectivity index (χ3v) is 3.01. The molecule has 0 aliphatic rings. The Bertz CT molecular complexity index is 517. The van der Waals surface area contributed by atoms with E-state index >= 15 is 0 Å². The van der Waals surface area contributed by atoms with E-state index in [0.29, 0.717) is 12.3 Å². The molecule has 1 aromatic heterocycles. The van der Waals surface area contributed by atoms with Gasteiger partial charge in [-0.3, -0.25) is 10.1 Å². The van der Waals surface area contributed by atoms with E-state index in [9.17, 15) is 28.4 Å². The van der Waals surface area contributed by atoms with Crippen molar-refractivity contribution in [3.8, 4) is 0 Å². The molecule has 0 radical (unpaired) electrons. The number of nitrogens with zero attached hydrogens (tertiary/aromatic N) is 3. The molecular formula is C11H14F3N3O3. The Morgan fingerprint density at radius 1 is 1.45 bits per heavy atom. The van der Waals surface area contributed by atoms with Gasteiger partial charge in [0.2, 0.25) is 0 Å². The summed E-state index contributed by atoms with van der Waals surface area (Å²) in [7, 11) is 1.37. The molecule has 0 aliphatic carbocycles. The number of likely N-dealkylation sites (N-methyl/N-ethyl adjacent to an activating group) is 1. The molecule has 1 heterocycles. The van der Waals surface area contributed by atoms with Gasteiger partial charge in [-0.2, -0.15) is 13.2 Å². The Labute approximate surface area is 113 Å². The van der Waals surface area contributed by atoms with Crippen molar-refractivity contribution in [3.63, 3.8) is 0 Å². The molecule has 0 fully saturated rings. The lowest BCUT2D eigenvalue weighted by atomic mass is 10.0. The van der Waals surface area contributed by atoms with Crippen molar-refractivity contribution in [2.24, 2.45) is 0 Å². The van der Waals surface area contributed by atoms with Gasteiger partial charge >= 0.3 is 11.9 Å². The van der Waals surface area contributed by atoms with Crippen LogP contribution in [0.25, 0.3) is 0 Å². The smallest absolute Gasteiger partial charge is 0.394 e. The minimum Gasteiger partial charge on any atom is -0.394 e. The maximum atomic E-state index is 12.6. The van der Waals surface area contributed by atoms with Crippen molar-refractivity contribution in [3.05, 3.63) is 28.1 Å². The van der Waals surface area contributed by atoms with Gasteiger partial charge in [0.15, 0.2) is 0 Å². The molecular weight excluding hydrogens is 279 g/mol. The molecule has 6 nitrogen and oxygen atoms in total. The van der Waals surface area contributed by atoms with Gasteiger partial charge in [-0.15, -0.1) is 0 Å². The lowest BCUT2D eigenvalue weighted by Crippen LogP contribution is -2.44. The van der Waals surface area contributed by atoms with E-state index < -0.39 is 28.0 Å². The number of hydrogen-bond acceptors (Lipinski definition) is 5. The minimum absolute atomic E-state index is 0.253. The second-order valence-electron chi connectivity index (χ2n) is 4.84. The number of anilines is 1. The summed E-state index contributed by atoms with van der Waals surface area (Å²) in [5.41, 5.74) is -2.99. The summed E-state index contributed by atoms with van der Waals surface area (Å²) in [6, 6.07) is 0.607. The van der Waals surface area contributed by atoms with Gasteiger partial charge < -0.3 is 10.0 Å². The summed E-state index contributed by atoms with van der Waals surface area (Å²) in [5, 5.41) is 20.1. The van der Waals surface area contributed by atoms with Gasteiger partial charge in [-0.1, -0.05) is 0 Å². The van der Waals surface area contributed by atoms with Crippen LogP contribution in [0.4, 0.5) is 24.5 Å². The van der Waals surface area contributed by atoms with E-state index in [2.05, 4.69) is 4.98 Å². The van der Waals surface area contributed by atoms with Crippen LogP contribution >= 0.6 is 0 Å². The third-order valence-electron chi connectivity index (χ3n) is 3.01. The first kappa shape index (κ1) is 16.2. The molecule has 0 saturated heterocycles. The van der Waals surface area contributed by atoms with Gasteiger partial charge in [-0.25, -0.2) is 4.98 Å². The zero-order chi connectivity index (χ0) is 15.7. The van der Waals surface area contributed by atoms with Crippen LogP contribution in [0.15, 0.2) is 12.3 Å². The highest BCUT2D eigenvalue weighted by Crippen LogP contribution is 2.36. The van der Waals surface area contributed by atoms with Crippen molar-refractivity contribution in [2.75, 3.05) is 18.6 Å². The first-order chi connectivity index (χ1) is 9.00. The van der Waals surface area contributed by atoms with Crippen molar-refractivity contribution < 1.29 is 23.2 Å². The molecule has 1 rings (SSSR count). The fraction of sp³-hybridized carbons (Fsp3) is 0.545. The summed E-state index contributed by atoms with van der Waals surface area (Å²) < 4.78 is 37.9. The lowest BCUT2D eigenvalue weighted by molar-refractivity contribution is -0.384. The Hall–Kier alpha value is -1.90. The standard InChI is InChI=1S/C11H14F3N3O3/c1-10(2,6-18)16(3)7-4-9(11(12,13)14)15-5-8(7)17(19)20/h4-5,18H,6H2,1-3H3. The molecule has 0 aliphatic heterocycles. The van der Waals surface area contributed by atoms with Gasteiger partial charge in [0.1, 0.15) is 17.6 Å². The second kappa shape index (κ2) is 5.23. The number of aromatic nitrogens is 1. The molecule has 0 amide bonds. The van der Waals surface area contributed by atoms with Crippen LogP contribution in [0.2, 0.25) is 0 Å². The van der Waals surface area contributed by atoms with Crippen LogP contribution in [0.1, 0.15) is 19.5 Å². The Balaban J connectivity index is 3.44. The summed E-state index contributed by atoms with van der Waals surface area (Å²) in [6.07, 6.45) is -4.13. The molecule has 20 heavy (non-hydrogen) atoms. The largest absolute Gasteiger partial charge is 0.433 e. The summed E-state index contributed by atoms with van der Waals surface area (Å²) in [6.45, 7) is 2.71. The highest BCUT2D eigenvalue weighted by atomic mass is 19.4. The molecule has 0 aromatic carbocycles. The minimum atomic E-state index is -4.70. The third kappa shape index (κ3) is 3.16. The Morgan fingerprint density at radius 3 is 2.40 bits per heavy atom. The first-order valence-corrected chi connectivity index (χ1v) is 5.57. The number of rotatable bonds is 4. The van der Waals surface area contributed by atoms with Gasteiger partial charge in [0.25, 0.3) is 0 Å². The molecule has 1 N–H and O–H groups in total. The van der Waals surface area contributed by atoms with Gasteiger partial charge in [0.05, 0.1) is 17.1 Å². The summed E-state index contributed by atoms with van der Waals surface area (Å²) >= 11 is 0. The topological polar surface area (TPSA) is 79.5 Å². The summed E-state index contributed by atoms with van der Waals surface area (Å²) in [4.78, 5) is 14.4. The SMILES string of the molecule is CN(c1cc(C(F)(F)F)ncc1[N+](=O)[O-])C(C)(C)CO. The first-order valence-electron chi connectivity index (χ1n) is 5.57. The highest BCUT2D eigenvalue weighted by Gasteiger charge is 2.36. The van der Waals surface area contributed by atoms with Crippen LogP contribution in [0.5, 0.6) is 0 Å². The molecule has 0 bridgehead atoms. The molecule has 9 heteroatoms. The molecule has 1 aromatic rings. The van der Waals surface area contributed by atoms with Crippen LogP contribution in [0, 0.1) is 10.1 Å². The predicted octanol–water partition coefficient (Wildman–Crippen LogP) is 2.22. The van der Waals surface area contributed by atoms with E-state index in [1.807, 2.05) is 0 Å². The molecule has 0 unspecified atom stereocenters. The van der Waals surface area contributed by atoms with Crippen LogP contribution < -0.4 is 4.90 Å². The van der Waals surface area contributed by atoms with Crippen LogP contribution in [-0.2, 0) is 6.18 Å². The van der Waals surface area contributed by atoms with E-state index in [1.54, 1.807) is 13.8 Å². The number of aliphatic hydroxyl groups excluding tert-OH is 1. The monoisotopic (exact) mass is 293 g/mol. The number of aliphatic hydroxyl groups is 1. The molecule has 0 saturated carbocycles. The number of nitro groups is 1. The Morgan fingerprint density at radius 2 is 2.00 bits per heavy atom. The molecule has 0 spiro atoms.